The summed E-state index contributed by atoms with van der Waals surface area (Å²) < 4.78 is 5.41. The van der Waals surface area contributed by atoms with Crippen molar-refractivity contribution in [3.63, 3.8) is 0 Å². The van der Waals surface area contributed by atoms with Crippen LogP contribution in [-0.2, 0) is 4.74 Å². The Kier molecular flexibility index (Phi) is 6.08. The van der Waals surface area contributed by atoms with Crippen LogP contribution in [0.3, 0.4) is 0 Å². The van der Waals surface area contributed by atoms with Crippen LogP contribution < -0.4 is 10.2 Å². The Morgan fingerprint density at radius 2 is 1.69 bits per heavy atom. The van der Waals surface area contributed by atoms with E-state index in [2.05, 4.69) is 15.2 Å². The number of halogens is 1. The summed E-state index contributed by atoms with van der Waals surface area (Å²) in [4.78, 5) is 19.6. The van der Waals surface area contributed by atoms with Crippen LogP contribution in [0.5, 0.6) is 0 Å². The molecule has 1 aliphatic rings. The summed E-state index contributed by atoms with van der Waals surface area (Å²) in [6.45, 7) is 3.00. The van der Waals surface area contributed by atoms with Gasteiger partial charge in [-0.15, -0.1) is 0 Å². The van der Waals surface area contributed by atoms with Crippen molar-refractivity contribution in [1.82, 2.24) is 10.3 Å². The van der Waals surface area contributed by atoms with Gasteiger partial charge in [0.2, 0.25) is 0 Å². The molecule has 1 N–H and O–H groups in total. The summed E-state index contributed by atoms with van der Waals surface area (Å²) >= 11 is 6.04. The molecule has 0 aliphatic carbocycles. The molecule has 1 unspecified atom stereocenters. The van der Waals surface area contributed by atoms with E-state index in [-0.39, 0.29) is 11.9 Å². The molecule has 0 saturated carbocycles. The van der Waals surface area contributed by atoms with Crippen LogP contribution in [0.15, 0.2) is 72.9 Å². The van der Waals surface area contributed by atoms with Crippen LogP contribution in [-0.4, -0.2) is 37.2 Å². The van der Waals surface area contributed by atoms with Gasteiger partial charge in [0.05, 0.1) is 19.3 Å². The summed E-state index contributed by atoms with van der Waals surface area (Å²) in [5.74, 6) is -0.219. The molecule has 0 radical (unpaired) electrons. The van der Waals surface area contributed by atoms with Gasteiger partial charge in [-0.25, -0.2) is 0 Å². The predicted molar refractivity (Wildman–Crippen MR) is 114 cm³/mol. The zero-order valence-corrected chi connectivity index (χ0v) is 16.7. The summed E-state index contributed by atoms with van der Waals surface area (Å²) in [7, 11) is 0. The van der Waals surface area contributed by atoms with Gasteiger partial charge in [0.25, 0.3) is 5.91 Å². The van der Waals surface area contributed by atoms with Crippen LogP contribution in [0, 0.1) is 0 Å². The molecule has 0 spiro atoms. The maximum atomic E-state index is 13.1. The number of carbonyl (C=O) groups excluding carboxylic acids is 1. The third-order valence-corrected chi connectivity index (χ3v) is 5.22. The molecule has 6 heteroatoms. The summed E-state index contributed by atoms with van der Waals surface area (Å²) in [5.41, 5.74) is 3.32. The number of amides is 1. The Balaban J connectivity index is 1.59. The molecule has 29 heavy (non-hydrogen) atoms. The van der Waals surface area contributed by atoms with Crippen molar-refractivity contribution in [1.29, 1.82) is 0 Å². The fourth-order valence-electron chi connectivity index (χ4n) is 3.43. The average molecular weight is 408 g/mol. The second-order valence-electron chi connectivity index (χ2n) is 6.87. The van der Waals surface area contributed by atoms with Crippen molar-refractivity contribution in [3.8, 4) is 0 Å². The Bertz CT molecular complexity index is 957. The minimum atomic E-state index is -0.296. The minimum absolute atomic E-state index is 0.219. The van der Waals surface area contributed by atoms with E-state index in [1.54, 1.807) is 6.20 Å². The van der Waals surface area contributed by atoms with Crippen molar-refractivity contribution < 1.29 is 9.53 Å². The fraction of sp³-hybridized carbons (Fsp3) is 0.217. The third-order valence-electron chi connectivity index (χ3n) is 4.96. The SMILES string of the molecule is O=C(NC(c1ccccc1)c1ccc(Cl)cc1)c1cc(N2CCOCC2)ccn1. The highest BCUT2D eigenvalue weighted by molar-refractivity contribution is 6.30. The molecule has 1 aliphatic heterocycles. The molecule has 1 amide bonds. The van der Waals surface area contributed by atoms with Crippen molar-refractivity contribution >= 4 is 23.2 Å². The smallest absolute Gasteiger partial charge is 0.270 e. The average Bonchev–Trinajstić information content (AvgIpc) is 2.79. The molecule has 1 atom stereocenters. The zero-order valence-electron chi connectivity index (χ0n) is 15.9. The topological polar surface area (TPSA) is 54.5 Å². The summed E-state index contributed by atoms with van der Waals surface area (Å²) in [6, 6.07) is 20.9. The lowest BCUT2D eigenvalue weighted by molar-refractivity contribution is 0.0938. The number of hydrogen-bond donors (Lipinski definition) is 1. The normalized spacial score (nSPS) is 15.0. The first-order valence-corrected chi connectivity index (χ1v) is 9.98. The molecule has 3 aromatic rings. The Hall–Kier alpha value is -2.89. The highest BCUT2D eigenvalue weighted by atomic mass is 35.5. The van der Waals surface area contributed by atoms with E-state index >= 15 is 0 Å². The van der Waals surface area contributed by atoms with Gasteiger partial charge in [0.15, 0.2) is 0 Å². The van der Waals surface area contributed by atoms with Crippen molar-refractivity contribution in [2.45, 2.75) is 6.04 Å². The molecule has 1 aromatic heterocycles. The first-order chi connectivity index (χ1) is 14.2. The third kappa shape index (κ3) is 4.75. The highest BCUT2D eigenvalue weighted by Gasteiger charge is 2.20. The van der Waals surface area contributed by atoms with Crippen molar-refractivity contribution in [3.05, 3.63) is 94.8 Å². The summed E-state index contributed by atoms with van der Waals surface area (Å²) in [6.07, 6.45) is 1.68. The molecule has 1 fully saturated rings. The van der Waals surface area contributed by atoms with Gasteiger partial charge in [-0.2, -0.15) is 0 Å². The van der Waals surface area contributed by atoms with Crippen molar-refractivity contribution in [2.24, 2.45) is 0 Å². The second-order valence-corrected chi connectivity index (χ2v) is 7.30. The van der Waals surface area contributed by atoms with Crippen LogP contribution in [0.25, 0.3) is 0 Å². The predicted octanol–water partition coefficient (Wildman–Crippen LogP) is 4.09. The standard InChI is InChI=1S/C23H22ClN3O2/c24-19-8-6-18(7-9-19)22(17-4-2-1-3-5-17)26-23(28)21-16-20(10-11-25-21)27-12-14-29-15-13-27/h1-11,16,22H,12-15H2,(H,26,28). The molecule has 0 bridgehead atoms. The number of benzene rings is 2. The lowest BCUT2D eigenvalue weighted by Crippen LogP contribution is -2.36. The van der Waals surface area contributed by atoms with E-state index in [1.807, 2.05) is 66.7 Å². The highest BCUT2D eigenvalue weighted by Crippen LogP contribution is 2.24. The number of hydrogen-bond acceptors (Lipinski definition) is 4. The monoisotopic (exact) mass is 407 g/mol. The number of carbonyl (C=O) groups is 1. The maximum Gasteiger partial charge on any atom is 0.270 e. The number of ether oxygens (including phenoxy) is 1. The first-order valence-electron chi connectivity index (χ1n) is 9.61. The molecular formula is C23H22ClN3O2. The van der Waals surface area contributed by atoms with E-state index < -0.39 is 0 Å². The van der Waals surface area contributed by atoms with Gasteiger partial charge in [-0.1, -0.05) is 54.1 Å². The molecule has 2 heterocycles. The second kappa shape index (κ2) is 9.07. The maximum absolute atomic E-state index is 13.1. The quantitative estimate of drug-likeness (QED) is 0.692. The number of rotatable bonds is 5. The molecule has 4 rings (SSSR count). The van der Waals surface area contributed by atoms with E-state index in [1.165, 1.54) is 0 Å². The molecule has 2 aromatic carbocycles. The lowest BCUT2D eigenvalue weighted by Gasteiger charge is -2.29. The summed E-state index contributed by atoms with van der Waals surface area (Å²) in [5, 5.41) is 3.79. The lowest BCUT2D eigenvalue weighted by atomic mass is 9.98. The Labute approximate surface area is 175 Å². The fourth-order valence-corrected chi connectivity index (χ4v) is 3.55. The number of anilines is 1. The van der Waals surface area contributed by atoms with Crippen LogP contribution in [0.2, 0.25) is 5.02 Å². The van der Waals surface area contributed by atoms with E-state index in [9.17, 15) is 4.79 Å². The van der Waals surface area contributed by atoms with Gasteiger partial charge in [-0.3, -0.25) is 9.78 Å². The van der Waals surface area contributed by atoms with Crippen LogP contribution in [0.4, 0.5) is 5.69 Å². The number of morpholine rings is 1. The Morgan fingerprint density at radius 3 is 2.41 bits per heavy atom. The van der Waals surface area contributed by atoms with Crippen molar-refractivity contribution in [2.75, 3.05) is 31.2 Å². The van der Waals surface area contributed by atoms with E-state index in [4.69, 9.17) is 16.3 Å². The van der Waals surface area contributed by atoms with Crippen LogP contribution >= 0.6 is 11.6 Å². The van der Waals surface area contributed by atoms with Gasteiger partial charge >= 0.3 is 0 Å². The van der Waals surface area contributed by atoms with Crippen LogP contribution in [0.1, 0.15) is 27.7 Å². The number of pyridine rings is 1. The molecule has 148 valence electrons. The van der Waals surface area contributed by atoms with Gasteiger partial charge in [-0.05, 0) is 35.4 Å². The van der Waals surface area contributed by atoms with E-state index in [0.29, 0.717) is 23.9 Å². The number of aromatic nitrogens is 1. The Morgan fingerprint density at radius 1 is 1.00 bits per heavy atom. The first kappa shape index (κ1) is 19.4. The van der Waals surface area contributed by atoms with E-state index in [0.717, 1.165) is 29.9 Å². The molecule has 5 nitrogen and oxygen atoms in total. The molecular weight excluding hydrogens is 386 g/mol. The number of nitrogens with one attached hydrogen (secondary N) is 1. The number of nitrogens with zero attached hydrogens (tertiary/aromatic N) is 2. The zero-order chi connectivity index (χ0) is 20.1. The molecule has 1 saturated heterocycles. The van der Waals surface area contributed by atoms with Gasteiger partial charge in [0.1, 0.15) is 5.69 Å². The van der Waals surface area contributed by atoms with Gasteiger partial charge in [0, 0.05) is 30.0 Å². The minimum Gasteiger partial charge on any atom is -0.378 e. The largest absolute Gasteiger partial charge is 0.378 e. The van der Waals surface area contributed by atoms with Gasteiger partial charge < -0.3 is 15.0 Å².